The van der Waals surface area contributed by atoms with Crippen LogP contribution in [0.3, 0.4) is 0 Å². The lowest BCUT2D eigenvalue weighted by Gasteiger charge is -2.15. The molecule has 8 aromatic rings. The fraction of sp³-hybridized carbons (Fsp3) is 0.105. The van der Waals surface area contributed by atoms with Crippen molar-refractivity contribution in [1.82, 2.24) is 29.1 Å². The standard InChI is InChI=1S/C38H28N6/c1-3-13-33-27(9-1)29-21-30-28-10-2-4-14-34(28)44(38-18-16-26(24-42-38)32-12-6-8-20-40-32)36(30)22-35(29)43(33)37-17-15-25(23-41-37)31-11-5-7-19-39-31/h1,3,5-9,11-13,15-24H,2,4,10,14H2. The van der Waals surface area contributed by atoms with Crippen LogP contribution < -0.4 is 0 Å². The fourth-order valence-corrected chi connectivity index (χ4v) is 6.92. The highest BCUT2D eigenvalue weighted by atomic mass is 15.1. The van der Waals surface area contributed by atoms with Crippen LogP contribution in [-0.4, -0.2) is 29.1 Å². The van der Waals surface area contributed by atoms with E-state index in [9.17, 15) is 0 Å². The molecule has 0 radical (unpaired) electrons. The van der Waals surface area contributed by atoms with Crippen LogP contribution in [-0.2, 0) is 12.8 Å². The van der Waals surface area contributed by atoms with Crippen LogP contribution in [0.1, 0.15) is 24.1 Å². The van der Waals surface area contributed by atoms with E-state index in [2.05, 4.69) is 79.8 Å². The predicted octanol–water partition coefficient (Wildman–Crippen LogP) is 8.52. The third-order valence-electron chi connectivity index (χ3n) is 8.94. The molecule has 0 fully saturated rings. The van der Waals surface area contributed by atoms with E-state index in [0.29, 0.717) is 0 Å². The molecule has 0 saturated carbocycles. The average Bonchev–Trinajstić information content (AvgIpc) is 3.60. The third kappa shape index (κ3) is 3.88. The Balaban J connectivity index is 1.27. The van der Waals surface area contributed by atoms with Crippen molar-refractivity contribution in [2.24, 2.45) is 0 Å². The summed E-state index contributed by atoms with van der Waals surface area (Å²) in [4.78, 5) is 19.0. The number of fused-ring (bicyclic) bond motifs is 6. The first kappa shape index (κ1) is 24.9. The van der Waals surface area contributed by atoms with E-state index in [0.717, 1.165) is 58.0 Å². The molecule has 210 valence electrons. The molecule has 6 heterocycles. The number of aryl methyl sites for hydroxylation is 1. The molecule has 0 unspecified atom stereocenters. The topological polar surface area (TPSA) is 61.4 Å². The van der Waals surface area contributed by atoms with Crippen molar-refractivity contribution >= 4 is 32.7 Å². The number of hydrogen-bond donors (Lipinski definition) is 0. The summed E-state index contributed by atoms with van der Waals surface area (Å²) in [5.41, 5.74) is 10.2. The molecule has 1 aliphatic rings. The molecular formula is C38H28N6. The average molecular weight is 569 g/mol. The molecule has 0 bridgehead atoms. The quantitative estimate of drug-likeness (QED) is 0.214. The lowest BCUT2D eigenvalue weighted by molar-refractivity contribution is 0.664. The predicted molar refractivity (Wildman–Crippen MR) is 176 cm³/mol. The van der Waals surface area contributed by atoms with E-state index in [1.165, 1.54) is 45.8 Å². The van der Waals surface area contributed by atoms with Gasteiger partial charge < -0.3 is 0 Å². The Morgan fingerprint density at radius 3 is 1.77 bits per heavy atom. The SMILES string of the molecule is c1ccc(-c2ccc(-n3c4c(c5cc6c7ccccc7n(-c7ccc(-c8ccccn8)cn7)c6cc53)CCCC4)nc2)nc1. The Morgan fingerprint density at radius 2 is 1.11 bits per heavy atom. The first-order valence-electron chi connectivity index (χ1n) is 15.2. The van der Waals surface area contributed by atoms with Gasteiger partial charge >= 0.3 is 0 Å². The summed E-state index contributed by atoms with van der Waals surface area (Å²) in [5, 5.41) is 3.80. The second-order valence-corrected chi connectivity index (χ2v) is 11.4. The number of rotatable bonds is 4. The zero-order valence-corrected chi connectivity index (χ0v) is 24.1. The number of para-hydroxylation sites is 1. The van der Waals surface area contributed by atoms with Crippen molar-refractivity contribution in [3.8, 4) is 34.2 Å². The van der Waals surface area contributed by atoms with E-state index >= 15 is 0 Å². The van der Waals surface area contributed by atoms with Crippen LogP contribution in [0.15, 0.2) is 122 Å². The molecule has 6 aromatic heterocycles. The summed E-state index contributed by atoms with van der Waals surface area (Å²) in [5.74, 6) is 1.83. The summed E-state index contributed by atoms with van der Waals surface area (Å²) >= 11 is 0. The van der Waals surface area contributed by atoms with Crippen LogP contribution in [0.2, 0.25) is 0 Å². The highest BCUT2D eigenvalue weighted by molar-refractivity contribution is 6.14. The van der Waals surface area contributed by atoms with Gasteiger partial charge in [-0.3, -0.25) is 19.1 Å². The van der Waals surface area contributed by atoms with Gasteiger partial charge in [-0.1, -0.05) is 30.3 Å². The zero-order chi connectivity index (χ0) is 29.0. The minimum absolute atomic E-state index is 0.885. The van der Waals surface area contributed by atoms with E-state index in [1.54, 1.807) is 0 Å². The van der Waals surface area contributed by atoms with Gasteiger partial charge in [-0.2, -0.15) is 0 Å². The van der Waals surface area contributed by atoms with Crippen LogP contribution in [0.4, 0.5) is 0 Å². The smallest absolute Gasteiger partial charge is 0.137 e. The van der Waals surface area contributed by atoms with Gasteiger partial charge in [-0.05, 0) is 98.0 Å². The maximum absolute atomic E-state index is 5.00. The number of aromatic nitrogens is 6. The maximum Gasteiger partial charge on any atom is 0.137 e. The van der Waals surface area contributed by atoms with Crippen molar-refractivity contribution in [3.63, 3.8) is 0 Å². The normalized spacial score (nSPS) is 13.1. The number of nitrogens with zero attached hydrogens (tertiary/aromatic N) is 6. The molecule has 0 atom stereocenters. The minimum Gasteiger partial charge on any atom is -0.298 e. The largest absolute Gasteiger partial charge is 0.298 e. The summed E-state index contributed by atoms with van der Waals surface area (Å²) in [6, 6.07) is 33.8. The van der Waals surface area contributed by atoms with Gasteiger partial charge in [0.15, 0.2) is 0 Å². The van der Waals surface area contributed by atoms with Crippen molar-refractivity contribution < 1.29 is 0 Å². The van der Waals surface area contributed by atoms with Gasteiger partial charge in [0.25, 0.3) is 0 Å². The highest BCUT2D eigenvalue weighted by Crippen LogP contribution is 2.40. The zero-order valence-electron chi connectivity index (χ0n) is 24.1. The van der Waals surface area contributed by atoms with Crippen molar-refractivity contribution in [3.05, 3.63) is 133 Å². The molecule has 9 rings (SSSR count). The molecule has 2 aromatic carbocycles. The molecule has 0 aliphatic heterocycles. The fourth-order valence-electron chi connectivity index (χ4n) is 6.92. The van der Waals surface area contributed by atoms with Crippen LogP contribution in [0.5, 0.6) is 0 Å². The highest BCUT2D eigenvalue weighted by Gasteiger charge is 2.24. The van der Waals surface area contributed by atoms with E-state index in [1.807, 2.05) is 61.2 Å². The maximum atomic E-state index is 5.00. The van der Waals surface area contributed by atoms with Gasteiger partial charge in [0.05, 0.1) is 27.9 Å². The van der Waals surface area contributed by atoms with Gasteiger partial charge in [0.1, 0.15) is 11.6 Å². The van der Waals surface area contributed by atoms with Crippen molar-refractivity contribution in [1.29, 1.82) is 0 Å². The lowest BCUT2D eigenvalue weighted by Crippen LogP contribution is -2.08. The Kier molecular flexibility index (Phi) is 5.66. The summed E-state index contributed by atoms with van der Waals surface area (Å²) in [7, 11) is 0. The number of pyridine rings is 4. The summed E-state index contributed by atoms with van der Waals surface area (Å²) < 4.78 is 4.69. The first-order valence-corrected chi connectivity index (χ1v) is 15.2. The van der Waals surface area contributed by atoms with Crippen LogP contribution in [0.25, 0.3) is 66.9 Å². The van der Waals surface area contributed by atoms with Gasteiger partial charge in [0, 0.05) is 57.8 Å². The lowest BCUT2D eigenvalue weighted by atomic mass is 9.95. The molecule has 0 spiro atoms. The minimum atomic E-state index is 0.885. The first-order chi connectivity index (χ1) is 21.8. The molecule has 0 N–H and O–H groups in total. The second-order valence-electron chi connectivity index (χ2n) is 11.4. The van der Waals surface area contributed by atoms with E-state index in [-0.39, 0.29) is 0 Å². The van der Waals surface area contributed by atoms with Crippen molar-refractivity contribution in [2.75, 3.05) is 0 Å². The van der Waals surface area contributed by atoms with E-state index < -0.39 is 0 Å². The Bertz CT molecular complexity index is 2300. The van der Waals surface area contributed by atoms with Crippen LogP contribution >= 0.6 is 0 Å². The third-order valence-corrected chi connectivity index (χ3v) is 8.94. The molecule has 6 nitrogen and oxygen atoms in total. The Hall–Kier alpha value is -5.62. The molecule has 0 amide bonds. The monoisotopic (exact) mass is 568 g/mol. The molecular weight excluding hydrogens is 540 g/mol. The molecule has 1 aliphatic carbocycles. The van der Waals surface area contributed by atoms with E-state index in [4.69, 9.17) is 9.97 Å². The number of benzene rings is 2. The van der Waals surface area contributed by atoms with Gasteiger partial charge in [-0.15, -0.1) is 0 Å². The molecule has 6 heteroatoms. The Labute approximate surface area is 254 Å². The van der Waals surface area contributed by atoms with Crippen molar-refractivity contribution in [2.45, 2.75) is 25.7 Å². The summed E-state index contributed by atoms with van der Waals surface area (Å²) in [6.45, 7) is 0. The molecule has 0 saturated heterocycles. The molecule has 44 heavy (non-hydrogen) atoms. The van der Waals surface area contributed by atoms with Gasteiger partial charge in [0.2, 0.25) is 0 Å². The number of hydrogen-bond acceptors (Lipinski definition) is 4. The Morgan fingerprint density at radius 1 is 0.477 bits per heavy atom. The second kappa shape index (κ2) is 9.99. The van der Waals surface area contributed by atoms with Crippen LogP contribution in [0, 0.1) is 0 Å². The summed E-state index contributed by atoms with van der Waals surface area (Å²) in [6.07, 6.45) is 12.1. The van der Waals surface area contributed by atoms with Gasteiger partial charge in [-0.25, -0.2) is 9.97 Å².